The van der Waals surface area contributed by atoms with Crippen LogP contribution in [-0.4, -0.2) is 35.3 Å². The number of amides is 2. The fraction of sp³-hybridized carbons (Fsp3) is 0.385. The molecule has 3 rings (SSSR count). The Morgan fingerprint density at radius 2 is 1.17 bits per heavy atom. The highest BCUT2D eigenvalue weighted by Gasteiger charge is 2.18. The first-order valence-corrected chi connectivity index (χ1v) is 11.8. The number of aromatic nitrogens is 2. The van der Waals surface area contributed by atoms with Gasteiger partial charge in [-0.2, -0.15) is 0 Å². The van der Waals surface area contributed by atoms with Crippen LogP contribution in [0.25, 0.3) is 0 Å². The Labute approximate surface area is 205 Å². The zero-order valence-electron chi connectivity index (χ0n) is 20.5. The van der Waals surface area contributed by atoms with Crippen molar-refractivity contribution < 1.29 is 23.7 Å². The summed E-state index contributed by atoms with van der Waals surface area (Å²) in [6.07, 6.45) is 1.90. The lowest BCUT2D eigenvalue weighted by Crippen LogP contribution is -2.24. The maximum absolute atomic E-state index is 12.4. The third-order valence-electron chi connectivity index (χ3n) is 5.85. The van der Waals surface area contributed by atoms with Crippen molar-refractivity contribution in [1.29, 1.82) is 0 Å². The molecule has 3 aromatic rings. The summed E-state index contributed by atoms with van der Waals surface area (Å²) in [5.41, 5.74) is 2.07. The summed E-state index contributed by atoms with van der Waals surface area (Å²) in [6, 6.07) is 15.2. The Morgan fingerprint density at radius 3 is 1.57 bits per heavy atom. The lowest BCUT2D eigenvalue weighted by atomic mass is 9.98. The van der Waals surface area contributed by atoms with Crippen LogP contribution in [-0.2, 0) is 9.59 Å². The van der Waals surface area contributed by atoms with Crippen LogP contribution < -0.4 is 20.1 Å². The topological polar surface area (TPSA) is 116 Å². The average molecular weight is 481 g/mol. The van der Waals surface area contributed by atoms with E-state index in [0.29, 0.717) is 23.3 Å². The molecular weight excluding hydrogens is 448 g/mol. The van der Waals surface area contributed by atoms with E-state index in [9.17, 15) is 9.59 Å². The molecule has 1 heterocycles. The summed E-state index contributed by atoms with van der Waals surface area (Å²) >= 11 is 0. The summed E-state index contributed by atoms with van der Waals surface area (Å²) in [7, 11) is 0. The lowest BCUT2D eigenvalue weighted by Gasteiger charge is -2.15. The number of carbonyl (C=O) groups is 2. The van der Waals surface area contributed by atoms with Crippen LogP contribution in [0.15, 0.2) is 53.2 Å². The minimum absolute atomic E-state index is 0.0119. The maximum Gasteiger partial charge on any atom is 0.263 e. The summed E-state index contributed by atoms with van der Waals surface area (Å²) in [5, 5.41) is 12.4. The van der Waals surface area contributed by atoms with Gasteiger partial charge < -0.3 is 20.1 Å². The number of carbonyl (C=O) groups excluding carboxylic acids is 2. The molecule has 35 heavy (non-hydrogen) atoms. The molecule has 0 aliphatic rings. The third kappa shape index (κ3) is 7.05. The third-order valence-corrected chi connectivity index (χ3v) is 5.85. The van der Waals surface area contributed by atoms with E-state index in [4.69, 9.17) is 14.1 Å². The SMILES string of the molecule is CC[C@@H](C)c1ccccc1OCC(=O)Nc1nonc1NC(=O)COc1ccccc1[C@H](C)CC. The number of ether oxygens (including phenoxy) is 2. The van der Waals surface area contributed by atoms with Gasteiger partial charge in [0.15, 0.2) is 13.2 Å². The second-order valence-electron chi connectivity index (χ2n) is 8.33. The quantitative estimate of drug-likeness (QED) is 0.369. The van der Waals surface area contributed by atoms with Gasteiger partial charge >= 0.3 is 0 Å². The highest BCUT2D eigenvalue weighted by molar-refractivity contribution is 5.98. The van der Waals surface area contributed by atoms with Gasteiger partial charge in [-0.15, -0.1) is 0 Å². The predicted molar refractivity (Wildman–Crippen MR) is 133 cm³/mol. The first-order chi connectivity index (χ1) is 16.9. The minimum atomic E-state index is -0.464. The van der Waals surface area contributed by atoms with Crippen LogP contribution in [0.4, 0.5) is 11.6 Å². The molecular formula is C26H32N4O5. The van der Waals surface area contributed by atoms with Gasteiger partial charge in [0.05, 0.1) is 0 Å². The van der Waals surface area contributed by atoms with Crippen molar-refractivity contribution in [2.24, 2.45) is 0 Å². The van der Waals surface area contributed by atoms with Crippen molar-refractivity contribution in [2.45, 2.75) is 52.4 Å². The second-order valence-corrected chi connectivity index (χ2v) is 8.33. The molecule has 0 bridgehead atoms. The van der Waals surface area contributed by atoms with E-state index in [-0.39, 0.29) is 24.8 Å². The number of nitrogens with zero attached hydrogens (tertiary/aromatic N) is 2. The van der Waals surface area contributed by atoms with Crippen LogP contribution in [0.2, 0.25) is 0 Å². The van der Waals surface area contributed by atoms with Crippen LogP contribution in [0.3, 0.4) is 0 Å². The van der Waals surface area contributed by atoms with Gasteiger partial charge in [-0.3, -0.25) is 9.59 Å². The highest BCUT2D eigenvalue weighted by Crippen LogP contribution is 2.29. The van der Waals surface area contributed by atoms with Crippen LogP contribution in [0.5, 0.6) is 11.5 Å². The van der Waals surface area contributed by atoms with Crippen molar-refractivity contribution in [3.63, 3.8) is 0 Å². The summed E-state index contributed by atoms with van der Waals surface area (Å²) in [5.74, 6) is 0.953. The second kappa shape index (κ2) is 12.5. The Kier molecular flexibility index (Phi) is 9.23. The molecule has 0 saturated carbocycles. The van der Waals surface area contributed by atoms with Gasteiger partial charge in [0.1, 0.15) is 11.5 Å². The molecule has 2 amide bonds. The van der Waals surface area contributed by atoms with Gasteiger partial charge in [0.2, 0.25) is 11.6 Å². The van der Waals surface area contributed by atoms with Crippen molar-refractivity contribution in [2.75, 3.05) is 23.8 Å². The van der Waals surface area contributed by atoms with Crippen molar-refractivity contribution in [3.05, 3.63) is 59.7 Å². The van der Waals surface area contributed by atoms with Gasteiger partial charge in [0.25, 0.3) is 11.8 Å². The van der Waals surface area contributed by atoms with Crippen LogP contribution >= 0.6 is 0 Å². The number of hydrogen-bond acceptors (Lipinski definition) is 7. The number of benzene rings is 2. The first kappa shape index (κ1) is 25.7. The first-order valence-electron chi connectivity index (χ1n) is 11.8. The largest absolute Gasteiger partial charge is 0.483 e. The van der Waals surface area contributed by atoms with Gasteiger partial charge in [-0.05, 0) is 58.3 Å². The molecule has 0 aliphatic carbocycles. The fourth-order valence-corrected chi connectivity index (χ4v) is 3.45. The Morgan fingerprint density at radius 1 is 0.771 bits per heavy atom. The zero-order valence-corrected chi connectivity index (χ0v) is 20.5. The molecule has 2 atom stereocenters. The minimum Gasteiger partial charge on any atom is -0.483 e. The number of rotatable bonds is 12. The molecule has 0 unspecified atom stereocenters. The molecule has 9 nitrogen and oxygen atoms in total. The van der Waals surface area contributed by atoms with Gasteiger partial charge in [-0.25, -0.2) is 4.63 Å². The Bertz CT molecular complexity index is 1040. The number of hydrogen-bond donors (Lipinski definition) is 2. The van der Waals surface area contributed by atoms with E-state index < -0.39 is 11.8 Å². The summed E-state index contributed by atoms with van der Waals surface area (Å²) in [6.45, 7) is 7.93. The lowest BCUT2D eigenvalue weighted by molar-refractivity contribution is -0.119. The van der Waals surface area contributed by atoms with E-state index in [1.165, 1.54) is 0 Å². The van der Waals surface area contributed by atoms with Gasteiger partial charge in [-0.1, -0.05) is 64.1 Å². The highest BCUT2D eigenvalue weighted by atomic mass is 16.6. The number of para-hydroxylation sites is 2. The molecule has 1 aromatic heterocycles. The smallest absolute Gasteiger partial charge is 0.263 e. The Hall–Kier alpha value is -3.88. The van der Waals surface area contributed by atoms with Crippen molar-refractivity contribution in [1.82, 2.24) is 10.3 Å². The van der Waals surface area contributed by atoms with Gasteiger partial charge in [0, 0.05) is 0 Å². The van der Waals surface area contributed by atoms with E-state index in [1.807, 2.05) is 48.5 Å². The molecule has 0 fully saturated rings. The van der Waals surface area contributed by atoms with E-state index in [2.05, 4.69) is 48.6 Å². The predicted octanol–water partition coefficient (Wildman–Crippen LogP) is 5.13. The standard InChI is InChI=1S/C26H32N4O5/c1-5-17(3)19-11-7-9-13-21(19)33-15-23(31)27-25-26(30-35-29-25)28-24(32)16-34-22-14-10-8-12-20(22)18(4)6-2/h7-14,17-18H,5-6,15-16H2,1-4H3,(H,27,29,31)(H,28,30,32)/t17-,18-/m1/s1. The summed E-state index contributed by atoms with van der Waals surface area (Å²) in [4.78, 5) is 24.9. The molecule has 0 saturated heterocycles. The fourth-order valence-electron chi connectivity index (χ4n) is 3.45. The number of nitrogens with one attached hydrogen (secondary N) is 2. The van der Waals surface area contributed by atoms with E-state index in [1.54, 1.807) is 0 Å². The molecule has 2 aromatic carbocycles. The summed E-state index contributed by atoms with van der Waals surface area (Å²) < 4.78 is 16.1. The number of anilines is 2. The molecule has 186 valence electrons. The zero-order chi connectivity index (χ0) is 25.2. The van der Waals surface area contributed by atoms with Crippen molar-refractivity contribution in [3.8, 4) is 11.5 Å². The Balaban J connectivity index is 1.54. The molecule has 9 heteroatoms. The molecule has 0 radical (unpaired) electrons. The average Bonchev–Trinajstić information content (AvgIpc) is 3.31. The molecule has 0 aliphatic heterocycles. The van der Waals surface area contributed by atoms with E-state index in [0.717, 1.165) is 24.0 Å². The molecule has 2 N–H and O–H groups in total. The van der Waals surface area contributed by atoms with Crippen LogP contribution in [0, 0.1) is 0 Å². The van der Waals surface area contributed by atoms with Crippen molar-refractivity contribution >= 4 is 23.5 Å². The normalized spacial score (nSPS) is 12.5. The monoisotopic (exact) mass is 480 g/mol. The maximum atomic E-state index is 12.4. The molecule has 0 spiro atoms. The van der Waals surface area contributed by atoms with E-state index >= 15 is 0 Å². The van der Waals surface area contributed by atoms with Crippen LogP contribution in [0.1, 0.15) is 63.5 Å².